The summed E-state index contributed by atoms with van der Waals surface area (Å²) in [6, 6.07) is 13.5. The van der Waals surface area contributed by atoms with Crippen molar-refractivity contribution in [2.75, 3.05) is 19.5 Å². The number of ether oxygens (including phenoxy) is 2. The number of nitrogens with one attached hydrogen (secondary N) is 1. The predicted octanol–water partition coefficient (Wildman–Crippen LogP) is 3.28. The molecule has 0 unspecified atom stereocenters. The fourth-order valence-corrected chi connectivity index (χ4v) is 2.45. The normalized spacial score (nSPS) is 10.3. The number of amides is 1. The van der Waals surface area contributed by atoms with Crippen LogP contribution in [0.3, 0.4) is 0 Å². The van der Waals surface area contributed by atoms with Gasteiger partial charge in [-0.2, -0.15) is 0 Å². The highest BCUT2D eigenvalue weighted by atomic mass is 16.5. The van der Waals surface area contributed by atoms with E-state index in [0.717, 1.165) is 5.39 Å². The molecular formula is C19H16N2O4. The maximum atomic E-state index is 12.5. The Hall–Kier alpha value is -3.41. The van der Waals surface area contributed by atoms with E-state index in [9.17, 15) is 9.59 Å². The van der Waals surface area contributed by atoms with Gasteiger partial charge in [-0.05, 0) is 36.4 Å². The van der Waals surface area contributed by atoms with Crippen molar-refractivity contribution in [2.24, 2.45) is 0 Å². The van der Waals surface area contributed by atoms with Crippen molar-refractivity contribution in [3.05, 3.63) is 65.9 Å². The number of rotatable bonds is 4. The van der Waals surface area contributed by atoms with Crippen LogP contribution in [0.2, 0.25) is 0 Å². The van der Waals surface area contributed by atoms with Gasteiger partial charge in [0.15, 0.2) is 0 Å². The largest absolute Gasteiger partial charge is 0.497 e. The molecule has 1 heterocycles. The number of anilines is 1. The summed E-state index contributed by atoms with van der Waals surface area (Å²) in [7, 11) is 2.87. The maximum absolute atomic E-state index is 12.5. The summed E-state index contributed by atoms with van der Waals surface area (Å²) in [5, 5.41) is 3.70. The third-order valence-electron chi connectivity index (χ3n) is 3.73. The van der Waals surface area contributed by atoms with Crippen LogP contribution >= 0.6 is 0 Å². The monoisotopic (exact) mass is 336 g/mol. The second-order valence-corrected chi connectivity index (χ2v) is 5.27. The quantitative estimate of drug-likeness (QED) is 0.740. The van der Waals surface area contributed by atoms with Gasteiger partial charge in [0.1, 0.15) is 5.75 Å². The van der Waals surface area contributed by atoms with Gasteiger partial charge in [0.05, 0.1) is 31.0 Å². The van der Waals surface area contributed by atoms with Gasteiger partial charge in [0.2, 0.25) is 0 Å². The van der Waals surface area contributed by atoms with E-state index in [1.807, 2.05) is 18.2 Å². The van der Waals surface area contributed by atoms with E-state index >= 15 is 0 Å². The Kier molecular flexibility index (Phi) is 4.61. The molecule has 0 bridgehead atoms. The molecule has 0 aliphatic heterocycles. The highest BCUT2D eigenvalue weighted by Gasteiger charge is 2.12. The number of carbonyl (C=O) groups is 2. The molecule has 1 amide bonds. The molecule has 0 fully saturated rings. The average Bonchev–Trinajstić information content (AvgIpc) is 2.67. The number of carbonyl (C=O) groups excluding carboxylic acids is 2. The summed E-state index contributed by atoms with van der Waals surface area (Å²) in [4.78, 5) is 28.3. The first-order valence-electron chi connectivity index (χ1n) is 7.55. The SMILES string of the molecule is COC(=O)c1ccc(C(=O)Nc2cc(OC)cc3cccnc23)cc1. The van der Waals surface area contributed by atoms with Crippen molar-refractivity contribution in [1.29, 1.82) is 0 Å². The number of hydrogen-bond donors (Lipinski definition) is 1. The molecule has 3 rings (SSSR count). The van der Waals surface area contributed by atoms with Crippen molar-refractivity contribution in [3.8, 4) is 5.75 Å². The van der Waals surface area contributed by atoms with Gasteiger partial charge in [-0.15, -0.1) is 0 Å². The fraction of sp³-hybridized carbons (Fsp3) is 0.105. The van der Waals surface area contributed by atoms with Gasteiger partial charge in [0, 0.05) is 23.2 Å². The minimum atomic E-state index is -0.449. The van der Waals surface area contributed by atoms with E-state index in [1.165, 1.54) is 7.11 Å². The molecule has 126 valence electrons. The molecule has 0 saturated heterocycles. The molecule has 0 aliphatic carbocycles. The Labute approximate surface area is 144 Å². The highest BCUT2D eigenvalue weighted by molar-refractivity contribution is 6.09. The van der Waals surface area contributed by atoms with Crippen molar-refractivity contribution < 1.29 is 19.1 Å². The standard InChI is InChI=1S/C19H16N2O4/c1-24-15-10-14-4-3-9-20-17(14)16(11-15)21-18(22)12-5-7-13(8-6-12)19(23)25-2/h3-11H,1-2H3,(H,21,22). The summed E-state index contributed by atoms with van der Waals surface area (Å²) in [5.41, 5.74) is 2.02. The topological polar surface area (TPSA) is 77.5 Å². The second kappa shape index (κ2) is 7.00. The zero-order chi connectivity index (χ0) is 17.8. The van der Waals surface area contributed by atoms with Gasteiger partial charge in [0.25, 0.3) is 5.91 Å². The van der Waals surface area contributed by atoms with Crippen LogP contribution in [0.5, 0.6) is 5.75 Å². The smallest absolute Gasteiger partial charge is 0.337 e. The van der Waals surface area contributed by atoms with Crippen LogP contribution in [0, 0.1) is 0 Å². The lowest BCUT2D eigenvalue weighted by Gasteiger charge is -2.10. The average molecular weight is 336 g/mol. The van der Waals surface area contributed by atoms with E-state index in [4.69, 9.17) is 4.74 Å². The Morgan fingerprint density at radius 2 is 1.72 bits per heavy atom. The lowest BCUT2D eigenvalue weighted by Crippen LogP contribution is -2.13. The Morgan fingerprint density at radius 1 is 1.00 bits per heavy atom. The molecule has 25 heavy (non-hydrogen) atoms. The van der Waals surface area contributed by atoms with Crippen LogP contribution in [-0.4, -0.2) is 31.1 Å². The number of fused-ring (bicyclic) bond motifs is 1. The van der Waals surface area contributed by atoms with E-state index in [0.29, 0.717) is 28.1 Å². The van der Waals surface area contributed by atoms with Crippen LogP contribution in [0.15, 0.2) is 54.7 Å². The first-order valence-corrected chi connectivity index (χ1v) is 7.55. The van der Waals surface area contributed by atoms with Gasteiger partial charge in [-0.25, -0.2) is 4.79 Å². The van der Waals surface area contributed by atoms with E-state index < -0.39 is 5.97 Å². The van der Waals surface area contributed by atoms with Gasteiger partial charge in [-0.1, -0.05) is 6.07 Å². The zero-order valence-corrected chi connectivity index (χ0v) is 13.8. The molecule has 0 radical (unpaired) electrons. The third-order valence-corrected chi connectivity index (χ3v) is 3.73. The van der Waals surface area contributed by atoms with Crippen molar-refractivity contribution in [2.45, 2.75) is 0 Å². The van der Waals surface area contributed by atoms with Crippen molar-refractivity contribution in [3.63, 3.8) is 0 Å². The van der Waals surface area contributed by atoms with Crippen molar-refractivity contribution in [1.82, 2.24) is 4.98 Å². The first kappa shape index (κ1) is 16.4. The molecule has 2 aromatic carbocycles. The molecule has 1 N–H and O–H groups in total. The number of methoxy groups -OCH3 is 2. The molecule has 6 nitrogen and oxygen atoms in total. The molecule has 0 atom stereocenters. The Morgan fingerprint density at radius 3 is 2.40 bits per heavy atom. The number of pyridine rings is 1. The third kappa shape index (κ3) is 3.42. The van der Waals surface area contributed by atoms with E-state index in [-0.39, 0.29) is 5.91 Å². The number of hydrogen-bond acceptors (Lipinski definition) is 5. The Balaban J connectivity index is 1.90. The molecule has 1 aromatic heterocycles. The van der Waals surface area contributed by atoms with E-state index in [1.54, 1.807) is 43.6 Å². The van der Waals surface area contributed by atoms with Crippen LogP contribution in [0.25, 0.3) is 10.9 Å². The molecule has 6 heteroatoms. The van der Waals surface area contributed by atoms with Gasteiger partial charge < -0.3 is 14.8 Å². The van der Waals surface area contributed by atoms with Crippen LogP contribution in [0.1, 0.15) is 20.7 Å². The lowest BCUT2D eigenvalue weighted by atomic mass is 10.1. The molecule has 0 spiro atoms. The minimum absolute atomic E-state index is 0.309. The molecule has 0 saturated carbocycles. The Bertz CT molecular complexity index is 936. The number of benzene rings is 2. The highest BCUT2D eigenvalue weighted by Crippen LogP contribution is 2.28. The number of nitrogens with zero attached hydrogens (tertiary/aromatic N) is 1. The zero-order valence-electron chi connectivity index (χ0n) is 13.8. The van der Waals surface area contributed by atoms with Gasteiger partial charge >= 0.3 is 5.97 Å². The summed E-state index contributed by atoms with van der Waals surface area (Å²) in [6.45, 7) is 0. The van der Waals surface area contributed by atoms with Crippen LogP contribution in [-0.2, 0) is 4.74 Å². The molecular weight excluding hydrogens is 320 g/mol. The van der Waals surface area contributed by atoms with Crippen LogP contribution < -0.4 is 10.1 Å². The second-order valence-electron chi connectivity index (χ2n) is 5.27. The molecule has 0 aliphatic rings. The van der Waals surface area contributed by atoms with E-state index in [2.05, 4.69) is 15.0 Å². The summed E-state index contributed by atoms with van der Waals surface area (Å²) < 4.78 is 9.92. The minimum Gasteiger partial charge on any atom is -0.497 e. The predicted molar refractivity (Wildman–Crippen MR) is 94.0 cm³/mol. The summed E-state index contributed by atoms with van der Waals surface area (Å²) in [5.74, 6) is -0.136. The first-order chi connectivity index (χ1) is 12.1. The number of esters is 1. The summed E-state index contributed by atoms with van der Waals surface area (Å²) >= 11 is 0. The lowest BCUT2D eigenvalue weighted by molar-refractivity contribution is 0.0600. The van der Waals surface area contributed by atoms with Crippen molar-refractivity contribution >= 4 is 28.5 Å². The number of aromatic nitrogens is 1. The molecule has 3 aromatic rings. The maximum Gasteiger partial charge on any atom is 0.337 e. The van der Waals surface area contributed by atoms with Crippen LogP contribution in [0.4, 0.5) is 5.69 Å². The summed E-state index contributed by atoms with van der Waals surface area (Å²) in [6.07, 6.45) is 1.66. The fourth-order valence-electron chi connectivity index (χ4n) is 2.45. The van der Waals surface area contributed by atoms with Gasteiger partial charge in [-0.3, -0.25) is 9.78 Å².